The average Bonchev–Trinajstić information content (AvgIpc) is 2.67. The standard InChI is InChI=1S/C19H21N3O4/c1-2-26-17(23)11-8-13-6-9-16(10-7-13)21-19(24)15-5-3-4-14(12-15)18(20)22-25/h3-7,9-10,12,25H,2,8,11H2,1H3,(H2,20,22)(H,21,24). The molecule has 0 aliphatic rings. The van der Waals surface area contributed by atoms with E-state index in [2.05, 4.69) is 10.5 Å². The van der Waals surface area contributed by atoms with Gasteiger partial charge in [-0.05, 0) is 43.2 Å². The van der Waals surface area contributed by atoms with Gasteiger partial charge in [-0.2, -0.15) is 0 Å². The van der Waals surface area contributed by atoms with Gasteiger partial charge in [0.1, 0.15) is 0 Å². The Morgan fingerprint density at radius 1 is 1.15 bits per heavy atom. The number of ether oxygens (including phenoxy) is 1. The van der Waals surface area contributed by atoms with Crippen LogP contribution in [0.25, 0.3) is 0 Å². The predicted octanol–water partition coefficient (Wildman–Crippen LogP) is 2.53. The van der Waals surface area contributed by atoms with E-state index in [4.69, 9.17) is 15.7 Å². The summed E-state index contributed by atoms with van der Waals surface area (Å²) in [7, 11) is 0. The maximum atomic E-state index is 12.3. The largest absolute Gasteiger partial charge is 0.466 e. The zero-order valence-corrected chi connectivity index (χ0v) is 14.4. The molecule has 0 fully saturated rings. The summed E-state index contributed by atoms with van der Waals surface area (Å²) in [6.45, 7) is 2.15. The van der Waals surface area contributed by atoms with Crippen molar-refractivity contribution in [3.63, 3.8) is 0 Å². The number of carbonyl (C=O) groups is 2. The molecular formula is C19H21N3O4. The van der Waals surface area contributed by atoms with E-state index in [1.165, 1.54) is 6.07 Å². The highest BCUT2D eigenvalue weighted by Gasteiger charge is 2.09. The minimum atomic E-state index is -0.308. The molecule has 4 N–H and O–H groups in total. The Bertz CT molecular complexity index is 801. The van der Waals surface area contributed by atoms with Gasteiger partial charge in [-0.15, -0.1) is 0 Å². The lowest BCUT2D eigenvalue weighted by Crippen LogP contribution is -2.16. The number of esters is 1. The Balaban J connectivity index is 1.98. The molecule has 0 aliphatic carbocycles. The fourth-order valence-corrected chi connectivity index (χ4v) is 2.32. The summed E-state index contributed by atoms with van der Waals surface area (Å²) in [5.41, 5.74) is 7.98. The van der Waals surface area contributed by atoms with Crippen LogP contribution in [-0.2, 0) is 16.0 Å². The number of nitrogens with zero attached hydrogens (tertiary/aromatic N) is 1. The molecule has 0 bridgehead atoms. The topological polar surface area (TPSA) is 114 Å². The molecule has 0 aliphatic heterocycles. The molecular weight excluding hydrogens is 334 g/mol. The molecule has 0 heterocycles. The summed E-state index contributed by atoms with van der Waals surface area (Å²) >= 11 is 0. The maximum Gasteiger partial charge on any atom is 0.306 e. The van der Waals surface area contributed by atoms with Crippen LogP contribution in [0, 0.1) is 0 Å². The average molecular weight is 355 g/mol. The molecule has 2 rings (SSSR count). The van der Waals surface area contributed by atoms with Crippen molar-refractivity contribution >= 4 is 23.4 Å². The Hall–Kier alpha value is -3.35. The van der Waals surface area contributed by atoms with Crippen LogP contribution in [0.2, 0.25) is 0 Å². The first-order valence-electron chi connectivity index (χ1n) is 8.17. The number of oxime groups is 1. The van der Waals surface area contributed by atoms with Gasteiger partial charge in [-0.3, -0.25) is 9.59 Å². The Kier molecular flexibility index (Phi) is 6.73. The fourth-order valence-electron chi connectivity index (χ4n) is 2.32. The number of anilines is 1. The quantitative estimate of drug-likeness (QED) is 0.232. The number of amidine groups is 1. The van der Waals surface area contributed by atoms with Crippen LogP contribution in [0.3, 0.4) is 0 Å². The van der Waals surface area contributed by atoms with E-state index in [9.17, 15) is 9.59 Å². The maximum absolute atomic E-state index is 12.3. The van der Waals surface area contributed by atoms with Gasteiger partial charge in [-0.25, -0.2) is 0 Å². The van der Waals surface area contributed by atoms with Gasteiger partial charge in [0, 0.05) is 23.2 Å². The van der Waals surface area contributed by atoms with Gasteiger partial charge in [0.25, 0.3) is 5.91 Å². The number of amides is 1. The second kappa shape index (κ2) is 9.22. The molecule has 0 aromatic heterocycles. The van der Waals surface area contributed by atoms with E-state index in [0.29, 0.717) is 36.3 Å². The molecule has 7 heteroatoms. The van der Waals surface area contributed by atoms with E-state index in [-0.39, 0.29) is 17.7 Å². The van der Waals surface area contributed by atoms with E-state index < -0.39 is 0 Å². The van der Waals surface area contributed by atoms with Crippen LogP contribution in [0.4, 0.5) is 5.69 Å². The van der Waals surface area contributed by atoms with Gasteiger partial charge < -0.3 is 21.0 Å². The summed E-state index contributed by atoms with van der Waals surface area (Å²) in [6.07, 6.45) is 0.898. The molecule has 0 spiro atoms. The summed E-state index contributed by atoms with van der Waals surface area (Å²) in [4.78, 5) is 23.7. The third kappa shape index (κ3) is 5.34. The number of nitrogens with two attached hydrogens (primary N) is 1. The minimum absolute atomic E-state index is 0.0643. The van der Waals surface area contributed by atoms with Crippen molar-refractivity contribution in [1.82, 2.24) is 0 Å². The molecule has 2 aromatic carbocycles. The Morgan fingerprint density at radius 3 is 2.50 bits per heavy atom. The van der Waals surface area contributed by atoms with Crippen molar-refractivity contribution in [1.29, 1.82) is 0 Å². The van der Waals surface area contributed by atoms with E-state index >= 15 is 0 Å². The zero-order valence-electron chi connectivity index (χ0n) is 14.4. The van der Waals surface area contributed by atoms with Crippen LogP contribution >= 0.6 is 0 Å². The highest BCUT2D eigenvalue weighted by molar-refractivity contribution is 6.06. The number of hydrogen-bond acceptors (Lipinski definition) is 5. The Morgan fingerprint density at radius 2 is 1.85 bits per heavy atom. The van der Waals surface area contributed by atoms with Crippen molar-refractivity contribution < 1.29 is 19.5 Å². The number of carbonyl (C=O) groups excluding carboxylic acids is 2. The number of nitrogens with one attached hydrogen (secondary N) is 1. The molecule has 0 unspecified atom stereocenters. The van der Waals surface area contributed by atoms with Gasteiger partial charge >= 0.3 is 5.97 Å². The second-order valence-corrected chi connectivity index (χ2v) is 5.52. The van der Waals surface area contributed by atoms with Crippen molar-refractivity contribution in [2.24, 2.45) is 10.9 Å². The normalized spacial score (nSPS) is 11.0. The number of hydrogen-bond donors (Lipinski definition) is 3. The highest BCUT2D eigenvalue weighted by atomic mass is 16.5. The van der Waals surface area contributed by atoms with Crippen LogP contribution in [0.15, 0.2) is 53.7 Å². The lowest BCUT2D eigenvalue weighted by molar-refractivity contribution is -0.143. The third-order valence-electron chi connectivity index (χ3n) is 3.66. The van der Waals surface area contributed by atoms with Gasteiger partial charge in [0.05, 0.1) is 6.61 Å². The molecule has 0 radical (unpaired) electrons. The first-order chi connectivity index (χ1) is 12.5. The number of aryl methyl sites for hydroxylation is 1. The van der Waals surface area contributed by atoms with Crippen LogP contribution in [-0.4, -0.2) is 29.5 Å². The lowest BCUT2D eigenvalue weighted by Gasteiger charge is -2.08. The molecule has 0 saturated heterocycles. The first kappa shape index (κ1) is 19.0. The summed E-state index contributed by atoms with van der Waals surface area (Å²) in [5.74, 6) is -0.599. The molecule has 136 valence electrons. The smallest absolute Gasteiger partial charge is 0.306 e. The van der Waals surface area contributed by atoms with Crippen molar-refractivity contribution in [2.75, 3.05) is 11.9 Å². The number of benzene rings is 2. The predicted molar refractivity (Wildman–Crippen MR) is 98.3 cm³/mol. The van der Waals surface area contributed by atoms with E-state index in [1.807, 2.05) is 12.1 Å². The fraction of sp³-hybridized carbons (Fsp3) is 0.211. The van der Waals surface area contributed by atoms with Crippen molar-refractivity contribution in [3.05, 3.63) is 65.2 Å². The zero-order chi connectivity index (χ0) is 18.9. The van der Waals surface area contributed by atoms with Crippen LogP contribution < -0.4 is 11.1 Å². The van der Waals surface area contributed by atoms with Gasteiger partial charge in [0.15, 0.2) is 5.84 Å². The lowest BCUT2D eigenvalue weighted by atomic mass is 10.1. The van der Waals surface area contributed by atoms with Gasteiger partial charge in [-0.1, -0.05) is 29.4 Å². The summed E-state index contributed by atoms with van der Waals surface area (Å²) in [5, 5.41) is 14.4. The first-order valence-corrected chi connectivity index (χ1v) is 8.17. The van der Waals surface area contributed by atoms with Crippen molar-refractivity contribution in [3.8, 4) is 0 Å². The number of rotatable bonds is 7. The van der Waals surface area contributed by atoms with E-state index in [0.717, 1.165) is 5.56 Å². The second-order valence-electron chi connectivity index (χ2n) is 5.52. The third-order valence-corrected chi connectivity index (χ3v) is 3.66. The molecule has 1 amide bonds. The minimum Gasteiger partial charge on any atom is -0.466 e. The molecule has 26 heavy (non-hydrogen) atoms. The summed E-state index contributed by atoms with van der Waals surface area (Å²) in [6, 6.07) is 13.7. The van der Waals surface area contributed by atoms with Crippen molar-refractivity contribution in [2.45, 2.75) is 19.8 Å². The van der Waals surface area contributed by atoms with Crippen LogP contribution in [0.1, 0.15) is 34.8 Å². The summed E-state index contributed by atoms with van der Waals surface area (Å²) < 4.78 is 4.89. The highest BCUT2D eigenvalue weighted by Crippen LogP contribution is 2.14. The SMILES string of the molecule is CCOC(=O)CCc1ccc(NC(=O)c2cccc(/C(N)=N/O)c2)cc1. The monoisotopic (exact) mass is 355 g/mol. The van der Waals surface area contributed by atoms with E-state index in [1.54, 1.807) is 37.3 Å². The van der Waals surface area contributed by atoms with Crippen LogP contribution in [0.5, 0.6) is 0 Å². The molecule has 2 aromatic rings. The molecule has 0 saturated carbocycles. The Labute approximate surface area is 151 Å². The van der Waals surface area contributed by atoms with Gasteiger partial charge in [0.2, 0.25) is 0 Å². The molecule has 7 nitrogen and oxygen atoms in total. The molecule has 0 atom stereocenters.